The zero-order chi connectivity index (χ0) is 10.4. The van der Waals surface area contributed by atoms with Crippen LogP contribution in [-0.2, 0) is 4.79 Å². The largest absolute Gasteiger partial charge is 0.481 e. The van der Waals surface area contributed by atoms with Gasteiger partial charge in [0, 0.05) is 6.04 Å². The molecule has 0 radical (unpaired) electrons. The second-order valence-corrected chi connectivity index (χ2v) is 3.50. The predicted molar refractivity (Wildman–Crippen MR) is 53.8 cm³/mol. The van der Waals surface area contributed by atoms with E-state index in [2.05, 4.69) is 18.7 Å². The summed E-state index contributed by atoms with van der Waals surface area (Å²) >= 11 is 0. The maximum absolute atomic E-state index is 10.7. The molecule has 2 atom stereocenters. The van der Waals surface area contributed by atoms with Gasteiger partial charge in [-0.25, -0.2) is 0 Å². The van der Waals surface area contributed by atoms with Crippen LogP contribution in [0.3, 0.4) is 0 Å². The van der Waals surface area contributed by atoms with Crippen molar-refractivity contribution < 1.29 is 9.90 Å². The molecule has 2 unspecified atom stereocenters. The van der Waals surface area contributed by atoms with E-state index in [1.165, 1.54) is 0 Å². The van der Waals surface area contributed by atoms with Crippen LogP contribution in [0.2, 0.25) is 0 Å². The number of hydrogen-bond donors (Lipinski definition) is 1. The molecule has 0 amide bonds. The van der Waals surface area contributed by atoms with Gasteiger partial charge in [-0.05, 0) is 26.4 Å². The van der Waals surface area contributed by atoms with E-state index in [1.807, 2.05) is 6.92 Å². The standard InChI is InChI=1S/C10H21NO2/c1-5-7-11(6-2)9(4)8(3)10(12)13/h8-9H,5-7H2,1-4H3,(H,12,13). The predicted octanol–water partition coefficient (Wildman–Crippen LogP) is 1.83. The average molecular weight is 187 g/mol. The van der Waals surface area contributed by atoms with Crippen LogP contribution in [0.1, 0.15) is 34.1 Å². The van der Waals surface area contributed by atoms with E-state index >= 15 is 0 Å². The van der Waals surface area contributed by atoms with Gasteiger partial charge >= 0.3 is 5.97 Å². The fourth-order valence-electron chi connectivity index (χ4n) is 1.46. The molecule has 0 aromatic heterocycles. The van der Waals surface area contributed by atoms with E-state index in [1.54, 1.807) is 6.92 Å². The fraction of sp³-hybridized carbons (Fsp3) is 0.900. The summed E-state index contributed by atoms with van der Waals surface area (Å²) in [5.74, 6) is -0.992. The van der Waals surface area contributed by atoms with Crippen LogP contribution in [0.4, 0.5) is 0 Å². The van der Waals surface area contributed by atoms with Gasteiger partial charge in [-0.2, -0.15) is 0 Å². The summed E-state index contributed by atoms with van der Waals surface area (Å²) in [6.45, 7) is 9.84. The summed E-state index contributed by atoms with van der Waals surface area (Å²) in [5.41, 5.74) is 0. The number of carboxylic acid groups (broad SMARTS) is 1. The maximum Gasteiger partial charge on any atom is 0.307 e. The summed E-state index contributed by atoms with van der Waals surface area (Å²) in [6.07, 6.45) is 1.07. The highest BCUT2D eigenvalue weighted by Crippen LogP contribution is 2.11. The van der Waals surface area contributed by atoms with E-state index < -0.39 is 5.97 Å². The number of hydrogen-bond acceptors (Lipinski definition) is 2. The monoisotopic (exact) mass is 187 g/mol. The zero-order valence-electron chi connectivity index (χ0n) is 9.08. The molecule has 0 rings (SSSR count). The first-order valence-electron chi connectivity index (χ1n) is 5.01. The van der Waals surface area contributed by atoms with E-state index in [4.69, 9.17) is 5.11 Å². The Labute approximate surface area is 80.7 Å². The van der Waals surface area contributed by atoms with Crippen LogP contribution in [0.15, 0.2) is 0 Å². The topological polar surface area (TPSA) is 40.5 Å². The Kier molecular flexibility index (Phi) is 5.71. The lowest BCUT2D eigenvalue weighted by Crippen LogP contribution is -2.40. The molecule has 0 aromatic carbocycles. The van der Waals surface area contributed by atoms with Crippen LogP contribution in [0.5, 0.6) is 0 Å². The van der Waals surface area contributed by atoms with Crippen molar-refractivity contribution in [2.75, 3.05) is 13.1 Å². The first-order valence-corrected chi connectivity index (χ1v) is 5.01. The van der Waals surface area contributed by atoms with E-state index in [0.29, 0.717) is 0 Å². The van der Waals surface area contributed by atoms with Crippen LogP contribution in [-0.4, -0.2) is 35.1 Å². The number of aliphatic carboxylic acids is 1. The highest BCUT2D eigenvalue weighted by molar-refractivity contribution is 5.70. The Morgan fingerprint density at radius 1 is 1.38 bits per heavy atom. The Hall–Kier alpha value is -0.570. The lowest BCUT2D eigenvalue weighted by molar-refractivity contribution is -0.143. The van der Waals surface area contributed by atoms with Gasteiger partial charge in [-0.15, -0.1) is 0 Å². The van der Waals surface area contributed by atoms with Crippen LogP contribution >= 0.6 is 0 Å². The number of rotatable bonds is 6. The van der Waals surface area contributed by atoms with Crippen molar-refractivity contribution >= 4 is 5.97 Å². The number of carboxylic acids is 1. The Morgan fingerprint density at radius 3 is 2.23 bits per heavy atom. The summed E-state index contributed by atoms with van der Waals surface area (Å²) < 4.78 is 0. The summed E-state index contributed by atoms with van der Waals surface area (Å²) in [7, 11) is 0. The van der Waals surface area contributed by atoms with E-state index in [9.17, 15) is 4.79 Å². The molecule has 3 heteroatoms. The fourth-order valence-corrected chi connectivity index (χ4v) is 1.46. The highest BCUT2D eigenvalue weighted by Gasteiger charge is 2.23. The van der Waals surface area contributed by atoms with E-state index in [0.717, 1.165) is 19.5 Å². The highest BCUT2D eigenvalue weighted by atomic mass is 16.4. The molecule has 0 aliphatic carbocycles. The Balaban J connectivity index is 4.17. The minimum Gasteiger partial charge on any atom is -0.481 e. The second kappa shape index (κ2) is 5.97. The summed E-state index contributed by atoms with van der Waals surface area (Å²) in [6, 6.07) is 0.127. The van der Waals surface area contributed by atoms with Crippen molar-refractivity contribution in [3.63, 3.8) is 0 Å². The van der Waals surface area contributed by atoms with Gasteiger partial charge in [0.2, 0.25) is 0 Å². The second-order valence-electron chi connectivity index (χ2n) is 3.50. The molecule has 0 bridgehead atoms. The van der Waals surface area contributed by atoms with Gasteiger partial charge in [0.1, 0.15) is 0 Å². The molecule has 0 aromatic rings. The average Bonchev–Trinajstić information content (AvgIpc) is 2.11. The van der Waals surface area contributed by atoms with Crippen molar-refractivity contribution in [3.8, 4) is 0 Å². The molecule has 0 saturated carbocycles. The SMILES string of the molecule is CCCN(CC)C(C)C(C)C(=O)O. The third-order valence-corrected chi connectivity index (χ3v) is 2.61. The number of nitrogens with zero attached hydrogens (tertiary/aromatic N) is 1. The smallest absolute Gasteiger partial charge is 0.307 e. The van der Waals surface area contributed by atoms with Crippen LogP contribution in [0, 0.1) is 5.92 Å². The molecule has 0 aliphatic rings. The van der Waals surface area contributed by atoms with Crippen LogP contribution in [0.25, 0.3) is 0 Å². The lowest BCUT2D eigenvalue weighted by atomic mass is 10.0. The van der Waals surface area contributed by atoms with Crippen LogP contribution < -0.4 is 0 Å². The molecule has 78 valence electrons. The van der Waals surface area contributed by atoms with Crippen molar-refractivity contribution in [1.29, 1.82) is 0 Å². The Morgan fingerprint density at radius 2 is 1.92 bits per heavy atom. The molecule has 3 nitrogen and oxygen atoms in total. The van der Waals surface area contributed by atoms with Gasteiger partial charge < -0.3 is 10.0 Å². The molecule has 1 N–H and O–H groups in total. The van der Waals surface area contributed by atoms with Gasteiger partial charge in [-0.1, -0.05) is 20.8 Å². The third-order valence-electron chi connectivity index (χ3n) is 2.61. The maximum atomic E-state index is 10.7. The molecule has 0 heterocycles. The minimum absolute atomic E-state index is 0.127. The van der Waals surface area contributed by atoms with Crippen molar-refractivity contribution in [2.24, 2.45) is 5.92 Å². The zero-order valence-corrected chi connectivity index (χ0v) is 9.08. The molecule has 13 heavy (non-hydrogen) atoms. The molecular formula is C10H21NO2. The quantitative estimate of drug-likeness (QED) is 0.689. The summed E-state index contributed by atoms with van der Waals surface area (Å²) in [4.78, 5) is 12.9. The first kappa shape index (κ1) is 12.4. The van der Waals surface area contributed by atoms with Crippen molar-refractivity contribution in [3.05, 3.63) is 0 Å². The molecular weight excluding hydrogens is 166 g/mol. The third kappa shape index (κ3) is 3.77. The molecule has 0 aliphatic heterocycles. The minimum atomic E-state index is -0.706. The molecule has 0 fully saturated rings. The van der Waals surface area contributed by atoms with Crippen molar-refractivity contribution in [2.45, 2.75) is 40.2 Å². The lowest BCUT2D eigenvalue weighted by Gasteiger charge is -2.29. The van der Waals surface area contributed by atoms with Gasteiger partial charge in [0.15, 0.2) is 0 Å². The summed E-state index contributed by atoms with van der Waals surface area (Å²) in [5, 5.41) is 8.84. The van der Waals surface area contributed by atoms with Crippen molar-refractivity contribution in [1.82, 2.24) is 4.90 Å². The van der Waals surface area contributed by atoms with Gasteiger partial charge in [0.05, 0.1) is 5.92 Å². The van der Waals surface area contributed by atoms with Gasteiger partial charge in [0.25, 0.3) is 0 Å². The molecule has 0 spiro atoms. The van der Waals surface area contributed by atoms with Gasteiger partial charge in [-0.3, -0.25) is 4.79 Å². The molecule has 0 saturated heterocycles. The first-order chi connectivity index (χ1) is 6.04. The number of carbonyl (C=O) groups is 1. The normalized spacial score (nSPS) is 15.8. The van der Waals surface area contributed by atoms with E-state index in [-0.39, 0.29) is 12.0 Å². The Bertz CT molecular complexity index is 159.